The number of amides is 1. The summed E-state index contributed by atoms with van der Waals surface area (Å²) in [7, 11) is 0. The van der Waals surface area contributed by atoms with Crippen molar-refractivity contribution in [2.24, 2.45) is 0 Å². The Hall–Kier alpha value is -3.95. The molecule has 1 amide bonds. The van der Waals surface area contributed by atoms with E-state index in [-0.39, 0.29) is 29.3 Å². The van der Waals surface area contributed by atoms with E-state index in [1.165, 1.54) is 17.7 Å². The summed E-state index contributed by atoms with van der Waals surface area (Å²) in [5.41, 5.74) is 7.06. The quantitative estimate of drug-likeness (QED) is 0.544. The first-order valence-electron chi connectivity index (χ1n) is 10.7. The standard InChI is InChI=1S/C24H22F3N5O2/c25-24(26,27)17-6-11-22(29-14-17)34-19-3-1-2-16(13-19)12-15-4-7-18(8-5-15)30-23(33)20-9-10-21(28)32-31-20/h1-3,6,9-14,18H,4-5,7-8H2,(H2,28,32)(H,30,33). The van der Waals surface area contributed by atoms with E-state index in [1.807, 2.05) is 12.1 Å². The van der Waals surface area contributed by atoms with Crippen LogP contribution in [-0.4, -0.2) is 27.1 Å². The van der Waals surface area contributed by atoms with Gasteiger partial charge in [-0.2, -0.15) is 13.2 Å². The summed E-state index contributed by atoms with van der Waals surface area (Å²) in [6.07, 6.45) is 1.61. The SMILES string of the molecule is Nc1ccc(C(=O)NC2CCC(=Cc3cccc(Oc4ccc(C(F)(F)F)cn4)c3)CC2)nn1. The molecule has 1 aromatic carbocycles. The average molecular weight is 469 g/mol. The maximum absolute atomic E-state index is 12.7. The van der Waals surface area contributed by atoms with Crippen LogP contribution in [0.1, 0.15) is 47.3 Å². The molecule has 0 aliphatic heterocycles. The van der Waals surface area contributed by atoms with Gasteiger partial charge in [-0.3, -0.25) is 4.79 Å². The van der Waals surface area contributed by atoms with Crippen LogP contribution in [-0.2, 0) is 6.18 Å². The monoisotopic (exact) mass is 469 g/mol. The number of rotatable bonds is 5. The van der Waals surface area contributed by atoms with Gasteiger partial charge in [0.15, 0.2) is 5.69 Å². The minimum absolute atomic E-state index is 0.0458. The van der Waals surface area contributed by atoms with Crippen molar-refractivity contribution in [1.82, 2.24) is 20.5 Å². The number of ether oxygens (including phenoxy) is 1. The predicted molar refractivity (Wildman–Crippen MR) is 120 cm³/mol. The molecule has 1 saturated carbocycles. The minimum Gasteiger partial charge on any atom is -0.439 e. The lowest BCUT2D eigenvalue weighted by molar-refractivity contribution is -0.137. The van der Waals surface area contributed by atoms with Crippen LogP contribution in [0.3, 0.4) is 0 Å². The number of aromatic nitrogens is 3. The first-order valence-corrected chi connectivity index (χ1v) is 10.7. The van der Waals surface area contributed by atoms with E-state index >= 15 is 0 Å². The number of alkyl halides is 3. The van der Waals surface area contributed by atoms with Crippen LogP contribution >= 0.6 is 0 Å². The summed E-state index contributed by atoms with van der Waals surface area (Å²) >= 11 is 0. The Kier molecular flexibility index (Phi) is 6.76. The maximum atomic E-state index is 12.7. The van der Waals surface area contributed by atoms with Crippen LogP contribution in [0.5, 0.6) is 11.6 Å². The number of carbonyl (C=O) groups is 1. The summed E-state index contributed by atoms with van der Waals surface area (Å²) in [5, 5.41) is 10.5. The van der Waals surface area contributed by atoms with Gasteiger partial charge in [-0.25, -0.2) is 4.98 Å². The Balaban J connectivity index is 1.33. The Morgan fingerprint density at radius 3 is 2.53 bits per heavy atom. The number of nitrogens with two attached hydrogens (primary N) is 1. The smallest absolute Gasteiger partial charge is 0.417 e. The molecule has 3 N–H and O–H groups in total. The number of nitrogens with one attached hydrogen (secondary N) is 1. The summed E-state index contributed by atoms with van der Waals surface area (Å²) in [6, 6.07) is 12.5. The fourth-order valence-corrected chi connectivity index (χ4v) is 3.63. The van der Waals surface area contributed by atoms with Gasteiger partial charge in [0.05, 0.1) is 5.56 Å². The van der Waals surface area contributed by atoms with Gasteiger partial charge in [-0.1, -0.05) is 23.8 Å². The highest BCUT2D eigenvalue weighted by Gasteiger charge is 2.30. The number of hydrogen-bond donors (Lipinski definition) is 2. The zero-order chi connectivity index (χ0) is 24.1. The van der Waals surface area contributed by atoms with Crippen LogP contribution in [0.4, 0.5) is 19.0 Å². The summed E-state index contributed by atoms with van der Waals surface area (Å²) in [5.74, 6) is 0.549. The molecule has 0 radical (unpaired) electrons. The highest BCUT2D eigenvalue weighted by atomic mass is 19.4. The minimum atomic E-state index is -4.44. The number of benzene rings is 1. The Bertz CT molecular complexity index is 1170. The van der Waals surface area contributed by atoms with Gasteiger partial charge in [0.2, 0.25) is 5.88 Å². The third-order valence-corrected chi connectivity index (χ3v) is 5.40. The Labute approximate surface area is 193 Å². The lowest BCUT2D eigenvalue weighted by Gasteiger charge is -2.25. The molecule has 0 unspecified atom stereocenters. The molecule has 2 heterocycles. The van der Waals surface area contributed by atoms with Crippen molar-refractivity contribution < 1.29 is 22.7 Å². The fourth-order valence-electron chi connectivity index (χ4n) is 3.63. The molecule has 1 fully saturated rings. The number of halogens is 3. The molecule has 2 aromatic heterocycles. The van der Waals surface area contributed by atoms with E-state index in [4.69, 9.17) is 10.5 Å². The number of anilines is 1. The molecule has 34 heavy (non-hydrogen) atoms. The van der Waals surface area contributed by atoms with Crippen LogP contribution in [0.2, 0.25) is 0 Å². The van der Waals surface area contributed by atoms with Gasteiger partial charge in [0, 0.05) is 18.3 Å². The summed E-state index contributed by atoms with van der Waals surface area (Å²) in [4.78, 5) is 16.0. The number of allylic oxidation sites excluding steroid dienone is 1. The number of pyridine rings is 1. The topological polar surface area (TPSA) is 103 Å². The molecular formula is C24H22F3N5O2. The average Bonchev–Trinajstić information content (AvgIpc) is 2.81. The molecule has 4 rings (SSSR count). The normalized spacial score (nSPS) is 16.1. The van der Waals surface area contributed by atoms with Crippen LogP contribution in [0, 0.1) is 0 Å². The van der Waals surface area contributed by atoms with E-state index in [0.29, 0.717) is 5.75 Å². The predicted octanol–water partition coefficient (Wildman–Crippen LogP) is 5.02. The zero-order valence-corrected chi connectivity index (χ0v) is 18.0. The fraction of sp³-hybridized carbons (Fsp3) is 0.250. The van der Waals surface area contributed by atoms with Gasteiger partial charge in [-0.05, 0) is 61.6 Å². The summed E-state index contributed by atoms with van der Waals surface area (Å²) < 4.78 is 43.7. The van der Waals surface area contributed by atoms with Crippen molar-refractivity contribution in [3.63, 3.8) is 0 Å². The lowest BCUT2D eigenvalue weighted by atomic mass is 9.89. The van der Waals surface area contributed by atoms with Crippen LogP contribution in [0.25, 0.3) is 6.08 Å². The van der Waals surface area contributed by atoms with Crippen LogP contribution in [0.15, 0.2) is 60.3 Å². The highest BCUT2D eigenvalue weighted by molar-refractivity contribution is 5.92. The van der Waals surface area contributed by atoms with Crippen LogP contribution < -0.4 is 15.8 Å². The van der Waals surface area contributed by atoms with Crippen molar-refractivity contribution in [1.29, 1.82) is 0 Å². The highest BCUT2D eigenvalue weighted by Crippen LogP contribution is 2.31. The van der Waals surface area contributed by atoms with Crippen molar-refractivity contribution >= 4 is 17.8 Å². The van der Waals surface area contributed by atoms with Gasteiger partial charge in [0.25, 0.3) is 5.91 Å². The van der Waals surface area contributed by atoms with Gasteiger partial charge in [0.1, 0.15) is 11.6 Å². The second-order valence-corrected chi connectivity index (χ2v) is 7.95. The van der Waals surface area contributed by atoms with E-state index < -0.39 is 11.7 Å². The van der Waals surface area contributed by atoms with Gasteiger partial charge < -0.3 is 15.8 Å². The molecule has 10 heteroatoms. The van der Waals surface area contributed by atoms with E-state index in [9.17, 15) is 18.0 Å². The van der Waals surface area contributed by atoms with Crippen molar-refractivity contribution in [2.75, 3.05) is 5.73 Å². The number of nitrogens with zero attached hydrogens (tertiary/aromatic N) is 3. The van der Waals surface area contributed by atoms with Gasteiger partial charge in [-0.15, -0.1) is 10.2 Å². The third-order valence-electron chi connectivity index (χ3n) is 5.40. The third kappa shape index (κ3) is 6.09. The zero-order valence-electron chi connectivity index (χ0n) is 18.0. The first kappa shape index (κ1) is 23.2. The van der Waals surface area contributed by atoms with E-state index in [1.54, 1.807) is 18.2 Å². The second-order valence-electron chi connectivity index (χ2n) is 7.95. The molecule has 1 aliphatic carbocycles. The number of hydrogen-bond acceptors (Lipinski definition) is 6. The van der Waals surface area contributed by atoms with E-state index in [2.05, 4.69) is 26.6 Å². The van der Waals surface area contributed by atoms with Gasteiger partial charge >= 0.3 is 6.18 Å². The van der Waals surface area contributed by atoms with Crippen molar-refractivity contribution in [2.45, 2.75) is 37.9 Å². The molecular weight excluding hydrogens is 447 g/mol. The molecule has 176 valence electrons. The molecule has 1 aliphatic rings. The molecule has 0 saturated heterocycles. The second kappa shape index (κ2) is 9.90. The molecule has 0 spiro atoms. The molecule has 3 aromatic rings. The molecule has 0 bridgehead atoms. The number of carbonyl (C=O) groups excluding carboxylic acids is 1. The van der Waals surface area contributed by atoms with Crippen molar-refractivity contribution in [3.8, 4) is 11.6 Å². The first-order chi connectivity index (χ1) is 16.3. The molecule has 7 nitrogen and oxygen atoms in total. The lowest BCUT2D eigenvalue weighted by Crippen LogP contribution is -2.37. The maximum Gasteiger partial charge on any atom is 0.417 e. The van der Waals surface area contributed by atoms with Crippen molar-refractivity contribution in [3.05, 3.63) is 77.1 Å². The molecule has 0 atom stereocenters. The van der Waals surface area contributed by atoms with E-state index in [0.717, 1.165) is 43.5 Å². The Morgan fingerprint density at radius 1 is 1.09 bits per heavy atom. The largest absolute Gasteiger partial charge is 0.439 e. The number of nitrogen functional groups attached to an aromatic ring is 1. The Morgan fingerprint density at radius 2 is 1.88 bits per heavy atom. The summed E-state index contributed by atoms with van der Waals surface area (Å²) in [6.45, 7) is 0.